The number of nitrogens with zero attached hydrogens (tertiary/aromatic N) is 1. The Morgan fingerprint density at radius 1 is 1.00 bits per heavy atom. The van der Waals surface area contributed by atoms with Gasteiger partial charge in [-0.2, -0.15) is 0 Å². The van der Waals surface area contributed by atoms with E-state index in [1.807, 2.05) is 47.7 Å². The summed E-state index contributed by atoms with van der Waals surface area (Å²) >= 11 is 1.82. The van der Waals surface area contributed by atoms with Crippen LogP contribution in [0.1, 0.15) is 40.3 Å². The largest absolute Gasteiger partial charge is 0.504 e. The van der Waals surface area contributed by atoms with Crippen LogP contribution in [0.5, 0.6) is 17.2 Å². The lowest BCUT2D eigenvalue weighted by Gasteiger charge is -2.39. The molecular weight excluding hydrogens is 480 g/mol. The van der Waals surface area contributed by atoms with Gasteiger partial charge in [0.2, 0.25) is 5.91 Å². The van der Waals surface area contributed by atoms with Gasteiger partial charge in [0.1, 0.15) is 5.75 Å². The van der Waals surface area contributed by atoms with Gasteiger partial charge in [0.25, 0.3) is 0 Å². The van der Waals surface area contributed by atoms with Crippen LogP contribution < -0.4 is 10.5 Å². The third kappa shape index (κ3) is 4.75. The molecule has 188 valence electrons. The van der Waals surface area contributed by atoms with Crippen molar-refractivity contribution in [3.63, 3.8) is 0 Å². The van der Waals surface area contributed by atoms with Crippen molar-refractivity contribution < 1.29 is 14.6 Å². The molecule has 1 fully saturated rings. The fraction of sp³-hybridized carbons (Fsp3) is 0.258. The highest BCUT2D eigenvalue weighted by atomic mass is 32.1. The zero-order valence-electron chi connectivity index (χ0n) is 20.6. The van der Waals surface area contributed by atoms with Gasteiger partial charge in [-0.3, -0.25) is 9.69 Å². The summed E-state index contributed by atoms with van der Waals surface area (Å²) in [6.07, 6.45) is 2.37. The first kappa shape index (κ1) is 23.8. The van der Waals surface area contributed by atoms with E-state index in [2.05, 4.69) is 40.6 Å². The predicted octanol–water partition coefficient (Wildman–Crippen LogP) is 6.30. The number of para-hydroxylation sites is 1. The fourth-order valence-electron chi connectivity index (χ4n) is 5.94. The number of hydrogen-bond donors (Lipinski definition) is 2. The Morgan fingerprint density at radius 2 is 1.84 bits per heavy atom. The van der Waals surface area contributed by atoms with Crippen molar-refractivity contribution in [2.45, 2.75) is 31.7 Å². The van der Waals surface area contributed by atoms with Crippen molar-refractivity contribution in [3.8, 4) is 28.4 Å². The van der Waals surface area contributed by atoms with Crippen LogP contribution in [0, 0.1) is 5.92 Å². The van der Waals surface area contributed by atoms with Gasteiger partial charge in [-0.15, -0.1) is 11.3 Å². The van der Waals surface area contributed by atoms with E-state index in [1.54, 1.807) is 6.07 Å². The number of thiophene rings is 1. The first-order valence-electron chi connectivity index (χ1n) is 12.8. The molecule has 1 amide bonds. The highest BCUT2D eigenvalue weighted by molar-refractivity contribution is 7.09. The summed E-state index contributed by atoms with van der Waals surface area (Å²) in [6, 6.07) is 24.2. The summed E-state index contributed by atoms with van der Waals surface area (Å²) in [6.45, 7) is 3.13. The SMILES string of the molecule is NC(=O)Cc1ccccc1-c1ccc2c(c1)Oc1c(O)cccc1C2C1CCN(Cc2cccs2)CC1. The number of amides is 1. The summed E-state index contributed by atoms with van der Waals surface area (Å²) in [5.41, 5.74) is 10.6. The van der Waals surface area contributed by atoms with Crippen LogP contribution in [-0.4, -0.2) is 29.0 Å². The van der Waals surface area contributed by atoms with Gasteiger partial charge in [0.05, 0.1) is 6.42 Å². The molecule has 2 aliphatic rings. The Bertz CT molecular complexity index is 1420. The number of benzene rings is 3. The topological polar surface area (TPSA) is 75.8 Å². The number of hydrogen-bond acceptors (Lipinski definition) is 5. The van der Waals surface area contributed by atoms with Gasteiger partial charge in [-0.25, -0.2) is 0 Å². The number of fused-ring (bicyclic) bond motifs is 2. The van der Waals surface area contributed by atoms with Gasteiger partial charge in [-0.1, -0.05) is 54.6 Å². The quantitative estimate of drug-likeness (QED) is 0.319. The normalized spacial score (nSPS) is 17.6. The third-order valence-electron chi connectivity index (χ3n) is 7.68. The number of primary amides is 1. The molecule has 0 bridgehead atoms. The summed E-state index contributed by atoms with van der Waals surface area (Å²) in [5, 5.41) is 12.9. The van der Waals surface area contributed by atoms with Crippen LogP contribution in [0.4, 0.5) is 0 Å². The third-order valence-corrected chi connectivity index (χ3v) is 8.54. The minimum absolute atomic E-state index is 0.157. The number of aromatic hydroxyl groups is 1. The van der Waals surface area contributed by atoms with E-state index in [0.717, 1.165) is 66.0 Å². The van der Waals surface area contributed by atoms with Crippen molar-refractivity contribution in [3.05, 3.63) is 99.7 Å². The van der Waals surface area contributed by atoms with E-state index in [4.69, 9.17) is 10.5 Å². The molecule has 3 heterocycles. The standard InChI is InChI=1S/C31H30N2O3S/c32-29(35)18-21-5-1-2-7-24(21)22-10-11-25-28(17-22)36-31-26(8-3-9-27(31)34)30(25)20-12-14-33(15-13-20)19-23-6-4-16-37-23/h1-11,16-17,20,30,34H,12-15,18-19H2,(H2,32,35). The maximum Gasteiger partial charge on any atom is 0.221 e. The van der Waals surface area contributed by atoms with Crippen molar-refractivity contribution in [1.82, 2.24) is 4.90 Å². The Morgan fingerprint density at radius 3 is 2.62 bits per heavy atom. The molecule has 0 aliphatic carbocycles. The molecule has 1 aromatic heterocycles. The van der Waals surface area contributed by atoms with E-state index < -0.39 is 0 Å². The number of nitrogens with two attached hydrogens (primary N) is 1. The van der Waals surface area contributed by atoms with Gasteiger partial charge >= 0.3 is 0 Å². The van der Waals surface area contributed by atoms with E-state index in [-0.39, 0.29) is 24.0 Å². The number of carbonyl (C=O) groups is 1. The number of phenolic OH excluding ortho intramolecular Hbond substituents is 1. The zero-order chi connectivity index (χ0) is 25.4. The average Bonchev–Trinajstić information content (AvgIpc) is 3.41. The first-order chi connectivity index (χ1) is 18.1. The van der Waals surface area contributed by atoms with Crippen molar-refractivity contribution in [2.24, 2.45) is 11.7 Å². The molecule has 2 aliphatic heterocycles. The van der Waals surface area contributed by atoms with Crippen LogP contribution in [0.25, 0.3) is 11.1 Å². The molecular formula is C31H30N2O3S. The molecule has 1 unspecified atom stereocenters. The Labute approximate surface area is 221 Å². The van der Waals surface area contributed by atoms with Gasteiger partial charge < -0.3 is 15.6 Å². The fourth-order valence-corrected chi connectivity index (χ4v) is 6.69. The van der Waals surface area contributed by atoms with E-state index >= 15 is 0 Å². The lowest BCUT2D eigenvalue weighted by molar-refractivity contribution is -0.117. The molecule has 6 rings (SSSR count). The van der Waals surface area contributed by atoms with Crippen LogP contribution in [0.2, 0.25) is 0 Å². The Hall–Kier alpha value is -3.61. The van der Waals surface area contributed by atoms with Gasteiger partial charge in [0.15, 0.2) is 11.5 Å². The lowest BCUT2D eigenvalue weighted by atomic mass is 9.74. The highest BCUT2D eigenvalue weighted by Crippen LogP contribution is 2.53. The average molecular weight is 511 g/mol. The maximum absolute atomic E-state index is 11.7. The number of carbonyl (C=O) groups excluding carboxylic acids is 1. The predicted molar refractivity (Wildman–Crippen MR) is 147 cm³/mol. The lowest BCUT2D eigenvalue weighted by Crippen LogP contribution is -2.35. The first-order valence-corrected chi connectivity index (χ1v) is 13.7. The second-order valence-electron chi connectivity index (χ2n) is 10.0. The molecule has 6 heteroatoms. The molecule has 3 aromatic carbocycles. The van der Waals surface area contributed by atoms with Crippen molar-refractivity contribution >= 4 is 17.2 Å². The summed E-state index contributed by atoms with van der Waals surface area (Å²) < 4.78 is 6.35. The molecule has 4 aromatic rings. The molecule has 5 nitrogen and oxygen atoms in total. The summed E-state index contributed by atoms with van der Waals surface area (Å²) in [7, 11) is 0. The molecule has 1 atom stereocenters. The van der Waals surface area contributed by atoms with Crippen LogP contribution in [-0.2, 0) is 17.8 Å². The molecule has 0 spiro atoms. The van der Waals surface area contributed by atoms with Crippen LogP contribution in [0.3, 0.4) is 0 Å². The molecule has 0 radical (unpaired) electrons. The smallest absolute Gasteiger partial charge is 0.221 e. The van der Waals surface area contributed by atoms with E-state index in [9.17, 15) is 9.90 Å². The number of ether oxygens (including phenoxy) is 1. The minimum Gasteiger partial charge on any atom is -0.504 e. The number of rotatable bonds is 6. The maximum atomic E-state index is 11.7. The molecule has 1 saturated heterocycles. The molecule has 0 saturated carbocycles. The number of likely N-dealkylation sites (tertiary alicyclic amines) is 1. The minimum atomic E-state index is -0.356. The summed E-state index contributed by atoms with van der Waals surface area (Å²) in [4.78, 5) is 15.6. The van der Waals surface area contributed by atoms with Crippen LogP contribution in [0.15, 0.2) is 78.2 Å². The molecule has 37 heavy (non-hydrogen) atoms. The zero-order valence-corrected chi connectivity index (χ0v) is 21.4. The van der Waals surface area contributed by atoms with Crippen molar-refractivity contribution in [2.75, 3.05) is 13.1 Å². The van der Waals surface area contributed by atoms with Gasteiger partial charge in [-0.05, 0) is 72.1 Å². The Kier molecular flexibility index (Phi) is 6.45. The van der Waals surface area contributed by atoms with Crippen molar-refractivity contribution in [1.29, 1.82) is 0 Å². The van der Waals surface area contributed by atoms with E-state index in [1.165, 1.54) is 4.88 Å². The molecule has 3 N–H and O–H groups in total. The number of phenols is 1. The Balaban J connectivity index is 1.33. The summed E-state index contributed by atoms with van der Waals surface area (Å²) in [5.74, 6) is 1.75. The van der Waals surface area contributed by atoms with E-state index in [0.29, 0.717) is 11.7 Å². The second-order valence-corrected chi connectivity index (χ2v) is 11.1. The highest BCUT2D eigenvalue weighted by Gasteiger charge is 2.36. The second kappa shape index (κ2) is 10.0. The monoisotopic (exact) mass is 510 g/mol. The van der Waals surface area contributed by atoms with Gasteiger partial charge in [0, 0.05) is 28.5 Å². The van der Waals surface area contributed by atoms with Crippen LogP contribution >= 0.6 is 11.3 Å². The number of piperidine rings is 1.